The van der Waals surface area contributed by atoms with Crippen LogP contribution in [0.2, 0.25) is 0 Å². The van der Waals surface area contributed by atoms with Crippen molar-refractivity contribution >= 4 is 28.6 Å². The molecule has 0 spiro atoms. The van der Waals surface area contributed by atoms with Gasteiger partial charge in [-0.25, -0.2) is 4.98 Å². The third kappa shape index (κ3) is 3.44. The molecule has 0 unspecified atom stereocenters. The number of nitrogens with zero attached hydrogens (tertiary/aromatic N) is 2. The molecule has 1 aromatic carbocycles. The molecular formula is C14H13IN2O3. The number of aromatic nitrogens is 2. The highest BCUT2D eigenvalue weighted by molar-refractivity contribution is 14.1. The van der Waals surface area contributed by atoms with Gasteiger partial charge in [0.25, 0.3) is 5.56 Å². The van der Waals surface area contributed by atoms with Crippen LogP contribution in [-0.2, 0) is 22.5 Å². The summed E-state index contributed by atoms with van der Waals surface area (Å²) in [4.78, 5) is 27.4. The van der Waals surface area contributed by atoms with Crippen LogP contribution < -0.4 is 5.56 Å². The van der Waals surface area contributed by atoms with Crippen LogP contribution in [0.15, 0.2) is 41.6 Å². The van der Waals surface area contributed by atoms with Gasteiger partial charge in [0.2, 0.25) is 0 Å². The standard InChI is InChI=1S/C14H13IN2O3/c1-20-13(18)6-10-4-2-3-5-11(10)8-17-9-16-7-12(15)14(17)19/h2-5,7,9H,6,8H2,1H3. The van der Waals surface area contributed by atoms with Gasteiger partial charge < -0.3 is 4.74 Å². The second-order valence-corrected chi connectivity index (χ2v) is 5.36. The number of methoxy groups -OCH3 is 1. The maximum Gasteiger partial charge on any atom is 0.309 e. The fourth-order valence-corrected chi connectivity index (χ4v) is 2.30. The van der Waals surface area contributed by atoms with Crippen molar-refractivity contribution in [1.82, 2.24) is 9.55 Å². The lowest BCUT2D eigenvalue weighted by Gasteiger charge is -2.10. The highest BCUT2D eigenvalue weighted by atomic mass is 127. The average Bonchev–Trinajstić information content (AvgIpc) is 2.45. The Morgan fingerprint density at radius 1 is 1.35 bits per heavy atom. The summed E-state index contributed by atoms with van der Waals surface area (Å²) >= 11 is 1.96. The molecule has 104 valence electrons. The first-order valence-electron chi connectivity index (χ1n) is 5.95. The molecule has 0 fully saturated rings. The van der Waals surface area contributed by atoms with E-state index in [9.17, 15) is 9.59 Å². The van der Waals surface area contributed by atoms with Crippen LogP contribution in [-0.4, -0.2) is 22.6 Å². The third-order valence-corrected chi connectivity index (χ3v) is 3.62. The van der Waals surface area contributed by atoms with Gasteiger partial charge in [-0.1, -0.05) is 24.3 Å². The van der Waals surface area contributed by atoms with Crippen LogP contribution in [0.25, 0.3) is 0 Å². The zero-order valence-corrected chi connectivity index (χ0v) is 13.0. The van der Waals surface area contributed by atoms with E-state index in [1.165, 1.54) is 24.2 Å². The van der Waals surface area contributed by atoms with Gasteiger partial charge in [0, 0.05) is 6.20 Å². The normalized spacial score (nSPS) is 10.3. The number of rotatable bonds is 4. The minimum Gasteiger partial charge on any atom is -0.469 e. The van der Waals surface area contributed by atoms with E-state index in [0.717, 1.165) is 11.1 Å². The van der Waals surface area contributed by atoms with Gasteiger partial charge in [0.05, 0.1) is 30.0 Å². The molecule has 0 N–H and O–H groups in total. The smallest absolute Gasteiger partial charge is 0.309 e. The van der Waals surface area contributed by atoms with Crippen molar-refractivity contribution in [3.05, 3.63) is 61.8 Å². The molecule has 0 aliphatic carbocycles. The maximum absolute atomic E-state index is 12.0. The first-order valence-corrected chi connectivity index (χ1v) is 7.03. The summed E-state index contributed by atoms with van der Waals surface area (Å²) in [5, 5.41) is 0. The predicted molar refractivity (Wildman–Crippen MR) is 82.5 cm³/mol. The summed E-state index contributed by atoms with van der Waals surface area (Å²) in [6, 6.07) is 7.49. The first kappa shape index (κ1) is 14.7. The van der Waals surface area contributed by atoms with Crippen molar-refractivity contribution in [2.75, 3.05) is 7.11 Å². The Hall–Kier alpha value is -1.70. The van der Waals surface area contributed by atoms with Crippen LogP contribution >= 0.6 is 22.6 Å². The van der Waals surface area contributed by atoms with Crippen molar-refractivity contribution in [2.45, 2.75) is 13.0 Å². The lowest BCUT2D eigenvalue weighted by atomic mass is 10.0. The molecule has 0 aliphatic heterocycles. The van der Waals surface area contributed by atoms with E-state index in [1.807, 2.05) is 46.9 Å². The minimum atomic E-state index is -0.300. The Morgan fingerprint density at radius 3 is 2.75 bits per heavy atom. The number of benzene rings is 1. The zero-order valence-electron chi connectivity index (χ0n) is 10.9. The number of halogens is 1. The van der Waals surface area contributed by atoms with Gasteiger partial charge in [-0.05, 0) is 33.7 Å². The molecule has 0 saturated carbocycles. The van der Waals surface area contributed by atoms with Crippen LogP contribution in [0.3, 0.4) is 0 Å². The van der Waals surface area contributed by atoms with Crippen molar-refractivity contribution in [1.29, 1.82) is 0 Å². The fraction of sp³-hybridized carbons (Fsp3) is 0.214. The number of hydrogen-bond acceptors (Lipinski definition) is 4. The van der Waals surface area contributed by atoms with Gasteiger partial charge in [-0.3, -0.25) is 14.2 Å². The van der Waals surface area contributed by atoms with Gasteiger partial charge in [-0.2, -0.15) is 0 Å². The second kappa shape index (κ2) is 6.65. The van der Waals surface area contributed by atoms with E-state index in [0.29, 0.717) is 10.1 Å². The highest BCUT2D eigenvalue weighted by Crippen LogP contribution is 2.11. The third-order valence-electron chi connectivity index (χ3n) is 2.88. The Morgan fingerprint density at radius 2 is 2.05 bits per heavy atom. The molecule has 0 atom stereocenters. The molecule has 1 heterocycles. The van der Waals surface area contributed by atoms with Crippen LogP contribution in [0.1, 0.15) is 11.1 Å². The molecule has 2 rings (SSSR count). The Labute approximate surface area is 129 Å². The molecule has 2 aromatic rings. The monoisotopic (exact) mass is 384 g/mol. The van der Waals surface area contributed by atoms with Crippen molar-refractivity contribution in [3.63, 3.8) is 0 Å². The number of esters is 1. The molecule has 0 bridgehead atoms. The molecule has 20 heavy (non-hydrogen) atoms. The van der Waals surface area contributed by atoms with Crippen LogP contribution in [0.4, 0.5) is 0 Å². The van der Waals surface area contributed by atoms with Crippen molar-refractivity contribution in [2.24, 2.45) is 0 Å². The van der Waals surface area contributed by atoms with Crippen molar-refractivity contribution < 1.29 is 9.53 Å². The van der Waals surface area contributed by atoms with Crippen molar-refractivity contribution in [3.8, 4) is 0 Å². The Kier molecular flexibility index (Phi) is 4.89. The van der Waals surface area contributed by atoms with E-state index in [2.05, 4.69) is 9.72 Å². The predicted octanol–water partition coefficient (Wildman–Crippen LogP) is 1.61. The fourth-order valence-electron chi connectivity index (χ4n) is 1.83. The lowest BCUT2D eigenvalue weighted by Crippen LogP contribution is -2.23. The van der Waals surface area contributed by atoms with Gasteiger partial charge in [-0.15, -0.1) is 0 Å². The van der Waals surface area contributed by atoms with Gasteiger partial charge >= 0.3 is 5.97 Å². The van der Waals surface area contributed by atoms with Crippen LogP contribution in [0, 0.1) is 3.57 Å². The second-order valence-electron chi connectivity index (χ2n) is 4.20. The van der Waals surface area contributed by atoms with Crippen LogP contribution in [0.5, 0.6) is 0 Å². The van der Waals surface area contributed by atoms with Gasteiger partial charge in [0.15, 0.2) is 0 Å². The molecule has 5 nitrogen and oxygen atoms in total. The summed E-state index contributed by atoms with van der Waals surface area (Å²) in [6.45, 7) is 0.385. The minimum absolute atomic E-state index is 0.0894. The molecule has 0 saturated heterocycles. The maximum atomic E-state index is 12.0. The van der Waals surface area contributed by atoms with Gasteiger partial charge in [0.1, 0.15) is 0 Å². The summed E-state index contributed by atoms with van der Waals surface area (Å²) in [7, 11) is 1.36. The highest BCUT2D eigenvalue weighted by Gasteiger charge is 2.09. The number of ether oxygens (including phenoxy) is 1. The van der Waals surface area contributed by atoms with E-state index in [1.54, 1.807) is 0 Å². The summed E-state index contributed by atoms with van der Waals surface area (Å²) in [5.74, 6) is -0.300. The molecule has 0 aliphatic rings. The van der Waals surface area contributed by atoms with E-state index >= 15 is 0 Å². The number of carbonyl (C=O) groups is 1. The van der Waals surface area contributed by atoms with E-state index < -0.39 is 0 Å². The number of carbonyl (C=O) groups excluding carboxylic acids is 1. The Balaban J connectivity index is 2.32. The molecular weight excluding hydrogens is 371 g/mol. The summed E-state index contributed by atoms with van der Waals surface area (Å²) < 4.78 is 6.77. The zero-order chi connectivity index (χ0) is 14.5. The average molecular weight is 384 g/mol. The summed E-state index contributed by atoms with van der Waals surface area (Å²) in [5.41, 5.74) is 1.67. The Bertz CT molecular complexity index is 682. The topological polar surface area (TPSA) is 61.2 Å². The lowest BCUT2D eigenvalue weighted by molar-refractivity contribution is -0.139. The molecule has 6 heteroatoms. The molecule has 0 amide bonds. The van der Waals surface area contributed by atoms with E-state index in [4.69, 9.17) is 0 Å². The largest absolute Gasteiger partial charge is 0.469 e. The first-order chi connectivity index (χ1) is 9.61. The number of hydrogen-bond donors (Lipinski definition) is 0. The molecule has 1 aromatic heterocycles. The van der Waals surface area contributed by atoms with E-state index in [-0.39, 0.29) is 17.9 Å². The summed E-state index contributed by atoms with van der Waals surface area (Å²) in [6.07, 6.45) is 3.22. The SMILES string of the molecule is COC(=O)Cc1ccccc1Cn1cncc(I)c1=O. The quantitative estimate of drug-likeness (QED) is 0.594. The molecule has 0 radical (unpaired) electrons.